The molecule has 1 saturated heterocycles. The summed E-state index contributed by atoms with van der Waals surface area (Å²) in [6.07, 6.45) is 0.957. The Bertz CT molecular complexity index is 676. The van der Waals surface area contributed by atoms with Gasteiger partial charge in [0.1, 0.15) is 5.69 Å². The number of ether oxygens (including phenoxy) is 1. The van der Waals surface area contributed by atoms with Crippen LogP contribution in [0.5, 0.6) is 0 Å². The summed E-state index contributed by atoms with van der Waals surface area (Å²) in [5.41, 5.74) is 1.76. The van der Waals surface area contributed by atoms with E-state index in [1.807, 2.05) is 23.6 Å². The highest BCUT2D eigenvalue weighted by molar-refractivity contribution is 7.22. The average Bonchev–Trinajstić information content (AvgIpc) is 3.08. The van der Waals surface area contributed by atoms with Gasteiger partial charge in [-0.15, -0.1) is 11.3 Å². The minimum atomic E-state index is -0.00616. The molecule has 3 rings (SSSR count). The Hall–Kier alpha value is -1.08. The second kappa shape index (κ2) is 7.66. The predicted molar refractivity (Wildman–Crippen MR) is 94.7 cm³/mol. The number of morpholine rings is 1. The first-order chi connectivity index (χ1) is 11.2. The second-order valence-corrected chi connectivity index (χ2v) is 7.35. The maximum atomic E-state index is 12.4. The molecule has 0 saturated carbocycles. The standard InChI is InChI=1S/C16H22ClN3O2S/c1-2-20-12-11-15(17)23-14(12)10-13(20)16(21)18-4-3-5-19-6-8-22-9-7-19/h10-11H,2-9H2,1H3,(H,18,21). The van der Waals surface area contributed by atoms with E-state index < -0.39 is 0 Å². The third-order valence-corrected chi connectivity index (χ3v) is 5.35. The van der Waals surface area contributed by atoms with E-state index in [9.17, 15) is 4.79 Å². The number of nitrogens with zero attached hydrogens (tertiary/aromatic N) is 2. The highest BCUT2D eigenvalue weighted by Gasteiger charge is 2.16. The molecular formula is C16H22ClN3O2S. The van der Waals surface area contributed by atoms with Crippen molar-refractivity contribution in [1.82, 2.24) is 14.8 Å². The molecule has 1 fully saturated rings. The predicted octanol–water partition coefficient (Wildman–Crippen LogP) is 2.83. The molecule has 0 radical (unpaired) electrons. The van der Waals surface area contributed by atoms with Crippen molar-refractivity contribution in [2.45, 2.75) is 19.9 Å². The van der Waals surface area contributed by atoms with Gasteiger partial charge >= 0.3 is 0 Å². The molecule has 1 aliphatic heterocycles. The topological polar surface area (TPSA) is 46.5 Å². The smallest absolute Gasteiger partial charge is 0.267 e. The van der Waals surface area contributed by atoms with Crippen LogP contribution >= 0.6 is 22.9 Å². The zero-order chi connectivity index (χ0) is 16.2. The van der Waals surface area contributed by atoms with E-state index in [-0.39, 0.29) is 5.91 Å². The fourth-order valence-electron chi connectivity index (χ4n) is 2.96. The zero-order valence-electron chi connectivity index (χ0n) is 13.3. The molecule has 7 heteroatoms. The third-order valence-electron chi connectivity index (χ3n) is 4.15. The van der Waals surface area contributed by atoms with E-state index in [2.05, 4.69) is 10.2 Å². The van der Waals surface area contributed by atoms with Gasteiger partial charge in [0, 0.05) is 26.2 Å². The third kappa shape index (κ3) is 3.88. The quantitative estimate of drug-likeness (QED) is 0.810. The summed E-state index contributed by atoms with van der Waals surface area (Å²) >= 11 is 7.57. The molecule has 1 amide bonds. The van der Waals surface area contributed by atoms with Crippen LogP contribution in [0.15, 0.2) is 12.1 Å². The number of hydrogen-bond acceptors (Lipinski definition) is 4. The van der Waals surface area contributed by atoms with Crippen LogP contribution in [0.4, 0.5) is 0 Å². The molecule has 5 nitrogen and oxygen atoms in total. The van der Waals surface area contributed by atoms with Gasteiger partial charge < -0.3 is 14.6 Å². The second-order valence-electron chi connectivity index (χ2n) is 5.64. The molecule has 3 heterocycles. The number of aryl methyl sites for hydroxylation is 1. The molecule has 0 aliphatic carbocycles. The van der Waals surface area contributed by atoms with Crippen LogP contribution in [-0.2, 0) is 11.3 Å². The highest BCUT2D eigenvalue weighted by Crippen LogP contribution is 2.32. The van der Waals surface area contributed by atoms with Gasteiger partial charge in [-0.3, -0.25) is 9.69 Å². The van der Waals surface area contributed by atoms with Crippen molar-refractivity contribution >= 4 is 39.1 Å². The first-order valence-corrected chi connectivity index (χ1v) is 9.25. The first kappa shape index (κ1) is 16.8. The number of carbonyl (C=O) groups excluding carboxylic acids is 1. The van der Waals surface area contributed by atoms with Crippen molar-refractivity contribution in [1.29, 1.82) is 0 Å². The van der Waals surface area contributed by atoms with E-state index in [1.54, 1.807) is 0 Å². The van der Waals surface area contributed by atoms with Crippen molar-refractivity contribution in [2.75, 3.05) is 39.4 Å². The first-order valence-electron chi connectivity index (χ1n) is 8.06. The molecule has 2 aromatic rings. The molecule has 1 aliphatic rings. The van der Waals surface area contributed by atoms with Crippen molar-refractivity contribution in [3.8, 4) is 0 Å². The van der Waals surface area contributed by atoms with Gasteiger partial charge in [-0.1, -0.05) is 11.6 Å². The van der Waals surface area contributed by atoms with Crippen LogP contribution in [0.25, 0.3) is 10.2 Å². The largest absolute Gasteiger partial charge is 0.379 e. The monoisotopic (exact) mass is 355 g/mol. The molecule has 0 bridgehead atoms. The molecule has 0 unspecified atom stereocenters. The van der Waals surface area contributed by atoms with E-state index >= 15 is 0 Å². The van der Waals surface area contributed by atoms with Gasteiger partial charge in [0.15, 0.2) is 0 Å². The number of carbonyl (C=O) groups is 1. The van der Waals surface area contributed by atoms with Gasteiger partial charge in [-0.2, -0.15) is 0 Å². The Morgan fingerprint density at radius 1 is 1.39 bits per heavy atom. The Kier molecular flexibility index (Phi) is 5.58. The van der Waals surface area contributed by atoms with E-state index in [4.69, 9.17) is 16.3 Å². The molecule has 126 valence electrons. The lowest BCUT2D eigenvalue weighted by molar-refractivity contribution is 0.0374. The number of halogens is 1. The summed E-state index contributed by atoms with van der Waals surface area (Å²) in [5.74, 6) is -0.00616. The van der Waals surface area contributed by atoms with Crippen LogP contribution in [-0.4, -0.2) is 54.8 Å². The lowest BCUT2D eigenvalue weighted by Crippen LogP contribution is -2.38. The number of nitrogens with one attached hydrogen (secondary N) is 1. The van der Waals surface area contributed by atoms with Crippen LogP contribution < -0.4 is 5.32 Å². The minimum Gasteiger partial charge on any atom is -0.379 e. The number of fused-ring (bicyclic) bond motifs is 1. The molecule has 23 heavy (non-hydrogen) atoms. The van der Waals surface area contributed by atoms with Gasteiger partial charge in [-0.05, 0) is 32.0 Å². The number of amides is 1. The zero-order valence-corrected chi connectivity index (χ0v) is 14.9. The molecule has 2 aromatic heterocycles. The van der Waals surface area contributed by atoms with Crippen LogP contribution in [0.1, 0.15) is 23.8 Å². The van der Waals surface area contributed by atoms with Crippen molar-refractivity contribution in [3.05, 3.63) is 22.2 Å². The molecule has 0 spiro atoms. The molecular weight excluding hydrogens is 334 g/mol. The summed E-state index contributed by atoms with van der Waals surface area (Å²) in [5, 5.41) is 3.03. The molecule has 0 atom stereocenters. The average molecular weight is 356 g/mol. The van der Waals surface area contributed by atoms with Gasteiger partial charge in [0.25, 0.3) is 5.91 Å². The maximum absolute atomic E-state index is 12.4. The fraction of sp³-hybridized carbons (Fsp3) is 0.562. The van der Waals surface area contributed by atoms with Crippen LogP contribution in [0.3, 0.4) is 0 Å². The van der Waals surface area contributed by atoms with Gasteiger partial charge in [0.2, 0.25) is 0 Å². The van der Waals surface area contributed by atoms with Crippen LogP contribution in [0.2, 0.25) is 4.34 Å². The SMILES string of the molecule is CCn1c(C(=O)NCCCN2CCOCC2)cc2sc(Cl)cc21. The van der Waals surface area contributed by atoms with Crippen molar-refractivity contribution in [3.63, 3.8) is 0 Å². The Morgan fingerprint density at radius 3 is 2.91 bits per heavy atom. The lowest BCUT2D eigenvalue weighted by atomic mass is 10.3. The van der Waals surface area contributed by atoms with Gasteiger partial charge in [0.05, 0.1) is 27.8 Å². The lowest BCUT2D eigenvalue weighted by Gasteiger charge is -2.26. The normalized spacial score (nSPS) is 16.1. The minimum absolute atomic E-state index is 0.00616. The highest BCUT2D eigenvalue weighted by atomic mass is 35.5. The summed E-state index contributed by atoms with van der Waals surface area (Å²) in [6, 6.07) is 3.87. The van der Waals surface area contributed by atoms with Gasteiger partial charge in [-0.25, -0.2) is 0 Å². The summed E-state index contributed by atoms with van der Waals surface area (Å²) < 4.78 is 9.18. The van der Waals surface area contributed by atoms with E-state index in [0.29, 0.717) is 6.54 Å². The summed E-state index contributed by atoms with van der Waals surface area (Å²) in [7, 11) is 0. The van der Waals surface area contributed by atoms with E-state index in [0.717, 1.165) is 66.1 Å². The maximum Gasteiger partial charge on any atom is 0.267 e. The number of hydrogen-bond donors (Lipinski definition) is 1. The Labute approximate surface area is 145 Å². The molecule has 1 N–H and O–H groups in total. The summed E-state index contributed by atoms with van der Waals surface area (Å²) in [4.78, 5) is 14.8. The Morgan fingerprint density at radius 2 is 2.17 bits per heavy atom. The number of thiophene rings is 1. The fourth-order valence-corrected chi connectivity index (χ4v) is 4.14. The Balaban J connectivity index is 1.54. The van der Waals surface area contributed by atoms with Crippen LogP contribution in [0, 0.1) is 0 Å². The van der Waals surface area contributed by atoms with E-state index in [1.165, 1.54) is 11.3 Å². The van der Waals surface area contributed by atoms with Crippen molar-refractivity contribution < 1.29 is 9.53 Å². The van der Waals surface area contributed by atoms with Crippen molar-refractivity contribution in [2.24, 2.45) is 0 Å². The molecule has 0 aromatic carbocycles. The number of rotatable bonds is 6. The number of aromatic nitrogens is 1. The summed E-state index contributed by atoms with van der Waals surface area (Å²) in [6.45, 7) is 8.11.